The monoisotopic (exact) mass is 310 g/mol. The molecule has 0 aromatic heterocycles. The van der Waals surface area contributed by atoms with Crippen LogP contribution in [0.2, 0.25) is 5.02 Å². The van der Waals surface area contributed by atoms with E-state index in [1.165, 1.54) is 6.07 Å². The van der Waals surface area contributed by atoms with Gasteiger partial charge in [0, 0.05) is 7.11 Å². The lowest BCUT2D eigenvalue weighted by molar-refractivity contribution is 0.202. The van der Waals surface area contributed by atoms with Crippen LogP contribution in [-0.4, -0.2) is 13.7 Å². The van der Waals surface area contributed by atoms with Crippen molar-refractivity contribution in [3.05, 3.63) is 46.7 Å². The molecule has 0 saturated heterocycles. The minimum Gasteiger partial charge on any atom is -0.452 e. The fourth-order valence-electron chi connectivity index (χ4n) is 1.82. The Kier molecular flexibility index (Phi) is 4.88. The zero-order chi connectivity index (χ0) is 15.4. The number of hydrogen-bond acceptors (Lipinski definition) is 4. The Morgan fingerprint density at radius 3 is 2.43 bits per heavy atom. The Morgan fingerprint density at radius 1 is 1.14 bits per heavy atom. The maximum Gasteiger partial charge on any atom is 0.188 e. The van der Waals surface area contributed by atoms with Crippen LogP contribution in [0.5, 0.6) is 11.5 Å². The first kappa shape index (κ1) is 15.4. The van der Waals surface area contributed by atoms with Crippen molar-refractivity contribution in [2.75, 3.05) is 25.2 Å². The third-order valence-corrected chi connectivity index (χ3v) is 3.34. The van der Waals surface area contributed by atoms with E-state index in [9.17, 15) is 4.39 Å². The molecule has 0 aliphatic carbocycles. The lowest BCUT2D eigenvalue weighted by Crippen LogP contribution is -2.00. The summed E-state index contributed by atoms with van der Waals surface area (Å²) in [5.41, 5.74) is 12.5. The van der Waals surface area contributed by atoms with Gasteiger partial charge in [-0.1, -0.05) is 23.7 Å². The van der Waals surface area contributed by atoms with Crippen molar-refractivity contribution in [3.8, 4) is 11.5 Å². The molecular weight excluding hydrogens is 295 g/mol. The van der Waals surface area contributed by atoms with Crippen LogP contribution in [0, 0.1) is 5.82 Å². The summed E-state index contributed by atoms with van der Waals surface area (Å²) in [6, 6.07) is 8.58. The van der Waals surface area contributed by atoms with Crippen LogP contribution < -0.4 is 16.2 Å². The Morgan fingerprint density at radius 2 is 1.81 bits per heavy atom. The molecule has 4 N–H and O–H groups in total. The second-order valence-electron chi connectivity index (χ2n) is 4.50. The molecule has 2 aromatic carbocycles. The maximum absolute atomic E-state index is 14.0. The van der Waals surface area contributed by atoms with Crippen LogP contribution in [-0.2, 0) is 11.2 Å². The summed E-state index contributed by atoms with van der Waals surface area (Å²) in [5.74, 6) is -0.431. The van der Waals surface area contributed by atoms with Gasteiger partial charge in [-0.25, -0.2) is 4.39 Å². The molecule has 0 spiro atoms. The van der Waals surface area contributed by atoms with Gasteiger partial charge < -0.3 is 20.9 Å². The van der Waals surface area contributed by atoms with Crippen molar-refractivity contribution in [3.63, 3.8) is 0 Å². The number of anilines is 2. The maximum atomic E-state index is 14.0. The highest BCUT2D eigenvalue weighted by Gasteiger charge is 2.16. The number of halogens is 2. The summed E-state index contributed by atoms with van der Waals surface area (Å²) in [6.45, 7) is 0.634. The minimum absolute atomic E-state index is 0.0777. The fourth-order valence-corrected chi connectivity index (χ4v) is 1.96. The average Bonchev–Trinajstić information content (AvgIpc) is 2.48. The first-order chi connectivity index (χ1) is 10.0. The third kappa shape index (κ3) is 3.56. The first-order valence-corrected chi connectivity index (χ1v) is 6.69. The highest BCUT2D eigenvalue weighted by Crippen LogP contribution is 2.37. The zero-order valence-electron chi connectivity index (χ0n) is 11.5. The van der Waals surface area contributed by atoms with E-state index in [1.807, 2.05) is 12.1 Å². The Labute approximate surface area is 127 Å². The van der Waals surface area contributed by atoms with Gasteiger partial charge >= 0.3 is 0 Å². The number of ether oxygens (including phenoxy) is 2. The second-order valence-corrected chi connectivity index (χ2v) is 4.88. The normalized spacial score (nSPS) is 10.6. The van der Waals surface area contributed by atoms with Crippen molar-refractivity contribution in [2.45, 2.75) is 6.42 Å². The SMILES string of the molecule is COCCc1ccc(Oc2c(N)cc(N)c(Cl)c2F)cc1. The molecule has 0 bridgehead atoms. The molecule has 0 radical (unpaired) electrons. The predicted octanol–water partition coefficient (Wildman–Crippen LogP) is 3.62. The van der Waals surface area contributed by atoms with Gasteiger partial charge in [0.05, 0.1) is 18.0 Å². The third-order valence-electron chi connectivity index (χ3n) is 2.96. The molecule has 0 saturated carbocycles. The van der Waals surface area contributed by atoms with E-state index < -0.39 is 5.82 Å². The van der Waals surface area contributed by atoms with E-state index in [1.54, 1.807) is 19.2 Å². The second kappa shape index (κ2) is 6.65. The molecule has 0 unspecified atom stereocenters. The molecule has 0 atom stereocenters. The quantitative estimate of drug-likeness (QED) is 0.827. The van der Waals surface area contributed by atoms with Gasteiger partial charge in [0.25, 0.3) is 0 Å². The van der Waals surface area contributed by atoms with Gasteiger partial charge in [-0.15, -0.1) is 0 Å². The van der Waals surface area contributed by atoms with Gasteiger partial charge in [-0.3, -0.25) is 0 Å². The van der Waals surface area contributed by atoms with Gasteiger partial charge in [0.2, 0.25) is 0 Å². The molecular formula is C15H16ClFN2O2. The summed E-state index contributed by atoms with van der Waals surface area (Å²) < 4.78 is 24.5. The van der Waals surface area contributed by atoms with Crippen molar-refractivity contribution >= 4 is 23.0 Å². The number of nitrogens with two attached hydrogens (primary N) is 2. The predicted molar refractivity (Wildman–Crippen MR) is 82.3 cm³/mol. The van der Waals surface area contributed by atoms with E-state index in [2.05, 4.69) is 0 Å². The molecule has 0 amide bonds. The lowest BCUT2D eigenvalue weighted by Gasteiger charge is -2.12. The number of methoxy groups -OCH3 is 1. The van der Waals surface area contributed by atoms with E-state index in [0.29, 0.717) is 12.4 Å². The van der Waals surface area contributed by atoms with Gasteiger partial charge in [0.15, 0.2) is 11.6 Å². The highest BCUT2D eigenvalue weighted by molar-refractivity contribution is 6.33. The standard InChI is InChI=1S/C15H16ClFN2O2/c1-20-7-6-9-2-4-10(5-3-9)21-15-12(19)8-11(18)13(16)14(15)17/h2-5,8H,6-7,18-19H2,1H3. The molecule has 0 aliphatic rings. The van der Waals surface area contributed by atoms with Crippen molar-refractivity contribution in [1.29, 1.82) is 0 Å². The van der Waals surface area contributed by atoms with Crippen LogP contribution in [0.3, 0.4) is 0 Å². The van der Waals surface area contributed by atoms with Gasteiger partial charge in [0.1, 0.15) is 10.8 Å². The molecule has 0 fully saturated rings. The molecule has 21 heavy (non-hydrogen) atoms. The summed E-state index contributed by atoms with van der Waals surface area (Å²) in [6.07, 6.45) is 0.793. The molecule has 6 heteroatoms. The fraction of sp³-hybridized carbons (Fsp3) is 0.200. The molecule has 2 rings (SSSR count). The number of hydrogen-bond donors (Lipinski definition) is 2. The van der Waals surface area contributed by atoms with Gasteiger partial charge in [-0.2, -0.15) is 0 Å². The number of rotatable bonds is 5. The van der Waals surface area contributed by atoms with Crippen LogP contribution >= 0.6 is 11.6 Å². The van der Waals surface area contributed by atoms with E-state index in [-0.39, 0.29) is 22.1 Å². The van der Waals surface area contributed by atoms with Crippen molar-refractivity contribution < 1.29 is 13.9 Å². The zero-order valence-corrected chi connectivity index (χ0v) is 12.3. The Bertz CT molecular complexity index is 633. The Balaban J connectivity index is 2.20. The molecule has 4 nitrogen and oxygen atoms in total. The minimum atomic E-state index is -0.766. The summed E-state index contributed by atoms with van der Waals surface area (Å²) >= 11 is 5.75. The lowest BCUT2D eigenvalue weighted by atomic mass is 10.1. The van der Waals surface area contributed by atoms with E-state index >= 15 is 0 Å². The van der Waals surface area contributed by atoms with Crippen molar-refractivity contribution in [2.24, 2.45) is 0 Å². The highest BCUT2D eigenvalue weighted by atomic mass is 35.5. The summed E-state index contributed by atoms with van der Waals surface area (Å²) in [7, 11) is 1.65. The smallest absolute Gasteiger partial charge is 0.188 e. The van der Waals surface area contributed by atoms with Crippen LogP contribution in [0.15, 0.2) is 30.3 Å². The van der Waals surface area contributed by atoms with Crippen LogP contribution in [0.4, 0.5) is 15.8 Å². The Hall–Kier alpha value is -1.98. The van der Waals surface area contributed by atoms with Crippen molar-refractivity contribution in [1.82, 2.24) is 0 Å². The largest absolute Gasteiger partial charge is 0.452 e. The first-order valence-electron chi connectivity index (χ1n) is 6.31. The van der Waals surface area contributed by atoms with Crippen LogP contribution in [0.25, 0.3) is 0 Å². The average molecular weight is 311 g/mol. The molecule has 0 aliphatic heterocycles. The van der Waals surface area contributed by atoms with Gasteiger partial charge in [-0.05, 0) is 30.2 Å². The molecule has 2 aromatic rings. The van der Waals surface area contributed by atoms with Crippen LogP contribution in [0.1, 0.15) is 5.56 Å². The number of benzene rings is 2. The molecule has 112 valence electrons. The topological polar surface area (TPSA) is 70.5 Å². The summed E-state index contributed by atoms with van der Waals surface area (Å²) in [5, 5.41) is -0.198. The molecule has 0 heterocycles. The summed E-state index contributed by atoms with van der Waals surface area (Å²) in [4.78, 5) is 0. The number of nitrogen functional groups attached to an aromatic ring is 2. The van der Waals surface area contributed by atoms with E-state index in [4.69, 9.17) is 32.5 Å². The van der Waals surface area contributed by atoms with E-state index in [0.717, 1.165) is 12.0 Å².